The van der Waals surface area contributed by atoms with Crippen LogP contribution in [0, 0.1) is 0 Å². The lowest BCUT2D eigenvalue weighted by Gasteiger charge is -2.06. The molecule has 0 heterocycles. The molecule has 0 aliphatic rings. The van der Waals surface area contributed by atoms with Crippen LogP contribution in [0.3, 0.4) is 0 Å². The van der Waals surface area contributed by atoms with Gasteiger partial charge in [0.1, 0.15) is 0 Å². The number of benzene rings is 1. The number of halogens is 2. The average molecular weight is 320 g/mol. The van der Waals surface area contributed by atoms with Gasteiger partial charge >= 0.3 is 0 Å². The molecule has 0 aromatic heterocycles. The zero-order valence-electron chi connectivity index (χ0n) is 11.0. The van der Waals surface area contributed by atoms with Crippen molar-refractivity contribution in [1.29, 1.82) is 0 Å². The van der Waals surface area contributed by atoms with E-state index in [4.69, 9.17) is 17.3 Å². The van der Waals surface area contributed by atoms with E-state index < -0.39 is 0 Å². The Balaban J connectivity index is 0.00000361. The summed E-state index contributed by atoms with van der Waals surface area (Å²) < 4.78 is 0. The number of carbonyl (C=O) groups excluding carboxylic acids is 2. The number of hydrogen-bond donors (Lipinski definition) is 3. The number of hydrogen-bond acceptors (Lipinski definition) is 3. The lowest BCUT2D eigenvalue weighted by Crippen LogP contribution is -2.30. The maximum Gasteiger partial charge on any atom is 0.251 e. The third-order valence-electron chi connectivity index (χ3n) is 2.44. The Morgan fingerprint density at radius 1 is 1.10 bits per heavy atom. The van der Waals surface area contributed by atoms with Gasteiger partial charge in [-0.15, -0.1) is 12.4 Å². The van der Waals surface area contributed by atoms with Crippen LogP contribution in [-0.4, -0.2) is 31.4 Å². The van der Waals surface area contributed by atoms with Crippen molar-refractivity contribution in [3.63, 3.8) is 0 Å². The second-order valence-electron chi connectivity index (χ2n) is 4.00. The van der Waals surface area contributed by atoms with Crippen LogP contribution in [0.4, 0.5) is 0 Å². The number of amides is 2. The van der Waals surface area contributed by atoms with Crippen LogP contribution in [0.15, 0.2) is 24.3 Å². The second kappa shape index (κ2) is 10.5. The number of carbonyl (C=O) groups is 2. The van der Waals surface area contributed by atoms with E-state index in [1.807, 2.05) is 0 Å². The van der Waals surface area contributed by atoms with E-state index in [2.05, 4.69) is 10.6 Å². The van der Waals surface area contributed by atoms with Crippen molar-refractivity contribution >= 4 is 35.8 Å². The Kier molecular flexibility index (Phi) is 9.80. The fraction of sp³-hybridized carbons (Fsp3) is 0.385. The van der Waals surface area contributed by atoms with Gasteiger partial charge in [0.05, 0.1) is 0 Å². The summed E-state index contributed by atoms with van der Waals surface area (Å²) in [7, 11) is 0. The molecular weight excluding hydrogens is 301 g/mol. The minimum absolute atomic E-state index is 0. The summed E-state index contributed by atoms with van der Waals surface area (Å²) in [4.78, 5) is 23.0. The molecule has 0 fully saturated rings. The van der Waals surface area contributed by atoms with Gasteiger partial charge in [-0.1, -0.05) is 11.6 Å². The Bertz CT molecular complexity index is 424. The van der Waals surface area contributed by atoms with Gasteiger partial charge in [-0.05, 0) is 30.7 Å². The maximum absolute atomic E-state index is 11.7. The maximum atomic E-state index is 11.7. The topological polar surface area (TPSA) is 84.2 Å². The van der Waals surface area contributed by atoms with E-state index in [0.29, 0.717) is 43.1 Å². The molecule has 0 atom stereocenters. The Morgan fingerprint density at radius 2 is 1.75 bits per heavy atom. The van der Waals surface area contributed by atoms with Crippen LogP contribution in [-0.2, 0) is 4.79 Å². The average Bonchev–Trinajstić information content (AvgIpc) is 2.41. The van der Waals surface area contributed by atoms with Gasteiger partial charge in [-0.3, -0.25) is 9.59 Å². The molecule has 0 aliphatic heterocycles. The Labute approximate surface area is 129 Å². The molecule has 0 aliphatic carbocycles. The summed E-state index contributed by atoms with van der Waals surface area (Å²) in [6.07, 6.45) is 0.969. The lowest BCUT2D eigenvalue weighted by atomic mass is 10.2. The van der Waals surface area contributed by atoms with Gasteiger partial charge in [0.15, 0.2) is 0 Å². The third kappa shape index (κ3) is 7.33. The number of rotatable bonds is 7. The van der Waals surface area contributed by atoms with E-state index in [-0.39, 0.29) is 24.2 Å². The monoisotopic (exact) mass is 319 g/mol. The molecule has 0 radical (unpaired) electrons. The zero-order valence-corrected chi connectivity index (χ0v) is 12.6. The molecule has 1 aromatic carbocycles. The molecule has 5 nitrogen and oxygen atoms in total. The van der Waals surface area contributed by atoms with Crippen molar-refractivity contribution in [2.75, 3.05) is 19.6 Å². The number of nitrogens with one attached hydrogen (secondary N) is 2. The zero-order chi connectivity index (χ0) is 14.1. The van der Waals surface area contributed by atoms with E-state index in [0.717, 1.165) is 0 Å². The SMILES string of the molecule is Cl.NCCNC(=O)CCCNC(=O)c1ccc(Cl)cc1. The lowest BCUT2D eigenvalue weighted by molar-refractivity contribution is -0.121. The fourth-order valence-corrected chi connectivity index (χ4v) is 1.58. The van der Waals surface area contributed by atoms with E-state index in [9.17, 15) is 9.59 Å². The van der Waals surface area contributed by atoms with Gasteiger partial charge in [0.25, 0.3) is 5.91 Å². The normalized spacial score (nSPS) is 9.50. The Morgan fingerprint density at radius 3 is 2.35 bits per heavy atom. The van der Waals surface area contributed by atoms with E-state index in [1.54, 1.807) is 24.3 Å². The summed E-state index contributed by atoms with van der Waals surface area (Å²) >= 11 is 5.73. The van der Waals surface area contributed by atoms with Crippen molar-refractivity contribution in [2.45, 2.75) is 12.8 Å². The van der Waals surface area contributed by atoms with Gasteiger partial charge in [-0.25, -0.2) is 0 Å². The molecule has 7 heteroatoms. The molecule has 2 amide bonds. The molecule has 4 N–H and O–H groups in total. The molecule has 20 heavy (non-hydrogen) atoms. The van der Waals surface area contributed by atoms with E-state index in [1.165, 1.54) is 0 Å². The first-order valence-corrected chi connectivity index (χ1v) is 6.52. The molecular formula is C13H19Cl2N3O2. The highest BCUT2D eigenvalue weighted by molar-refractivity contribution is 6.30. The van der Waals surface area contributed by atoms with Crippen molar-refractivity contribution < 1.29 is 9.59 Å². The third-order valence-corrected chi connectivity index (χ3v) is 2.69. The highest BCUT2D eigenvalue weighted by Crippen LogP contribution is 2.09. The highest BCUT2D eigenvalue weighted by atomic mass is 35.5. The fourth-order valence-electron chi connectivity index (χ4n) is 1.45. The Hall–Kier alpha value is -1.30. The standard InChI is InChI=1S/C13H18ClN3O2.ClH/c14-11-5-3-10(4-6-11)13(19)17-8-1-2-12(18)16-9-7-15;/h3-6H,1-2,7-9,15H2,(H,16,18)(H,17,19);1H. The molecule has 0 unspecified atom stereocenters. The highest BCUT2D eigenvalue weighted by Gasteiger charge is 2.05. The molecule has 0 saturated heterocycles. The van der Waals surface area contributed by atoms with Gasteiger partial charge in [0.2, 0.25) is 5.91 Å². The summed E-state index contributed by atoms with van der Waals surface area (Å²) in [6.45, 7) is 1.37. The minimum Gasteiger partial charge on any atom is -0.355 e. The van der Waals surface area contributed by atoms with Crippen LogP contribution in [0.2, 0.25) is 5.02 Å². The van der Waals surface area contributed by atoms with Crippen LogP contribution in [0.1, 0.15) is 23.2 Å². The molecule has 0 spiro atoms. The van der Waals surface area contributed by atoms with Crippen molar-refractivity contribution in [1.82, 2.24) is 10.6 Å². The first-order chi connectivity index (χ1) is 9.13. The van der Waals surface area contributed by atoms with Crippen molar-refractivity contribution in [3.8, 4) is 0 Å². The number of nitrogens with two attached hydrogens (primary N) is 1. The summed E-state index contributed by atoms with van der Waals surface area (Å²) in [6, 6.07) is 6.64. The van der Waals surface area contributed by atoms with Crippen LogP contribution in [0.25, 0.3) is 0 Å². The summed E-state index contributed by atoms with van der Waals surface area (Å²) in [5.74, 6) is -0.217. The van der Waals surface area contributed by atoms with Crippen LogP contribution < -0.4 is 16.4 Å². The summed E-state index contributed by atoms with van der Waals surface area (Å²) in [5.41, 5.74) is 5.82. The van der Waals surface area contributed by atoms with Crippen LogP contribution >= 0.6 is 24.0 Å². The molecule has 112 valence electrons. The van der Waals surface area contributed by atoms with Gasteiger partial charge in [0, 0.05) is 36.6 Å². The molecule has 0 saturated carbocycles. The second-order valence-corrected chi connectivity index (χ2v) is 4.44. The van der Waals surface area contributed by atoms with Gasteiger partial charge < -0.3 is 16.4 Å². The van der Waals surface area contributed by atoms with E-state index >= 15 is 0 Å². The molecule has 0 bridgehead atoms. The van der Waals surface area contributed by atoms with Crippen LogP contribution in [0.5, 0.6) is 0 Å². The first-order valence-electron chi connectivity index (χ1n) is 6.14. The quantitative estimate of drug-likeness (QED) is 0.663. The predicted molar refractivity (Wildman–Crippen MR) is 82.3 cm³/mol. The van der Waals surface area contributed by atoms with Crippen molar-refractivity contribution in [3.05, 3.63) is 34.9 Å². The van der Waals surface area contributed by atoms with Gasteiger partial charge in [-0.2, -0.15) is 0 Å². The molecule has 1 aromatic rings. The first kappa shape index (κ1) is 18.7. The minimum atomic E-state index is -0.168. The predicted octanol–water partition coefficient (Wildman–Crippen LogP) is 1.35. The molecule has 1 rings (SSSR count). The van der Waals surface area contributed by atoms with Crippen molar-refractivity contribution in [2.24, 2.45) is 5.73 Å². The smallest absolute Gasteiger partial charge is 0.251 e. The largest absolute Gasteiger partial charge is 0.355 e. The summed E-state index contributed by atoms with van der Waals surface area (Å²) in [5, 5.41) is 6.00.